The van der Waals surface area contributed by atoms with E-state index in [1.165, 1.54) is 31.7 Å². The molecule has 20 heavy (non-hydrogen) atoms. The van der Waals surface area contributed by atoms with E-state index in [1.807, 2.05) is 0 Å². The number of benzene rings is 1. The smallest absolute Gasteiger partial charge is 0.163 e. The third-order valence-corrected chi connectivity index (χ3v) is 4.36. The van der Waals surface area contributed by atoms with Gasteiger partial charge in [0, 0.05) is 24.2 Å². The van der Waals surface area contributed by atoms with Gasteiger partial charge in [0.1, 0.15) is 0 Å². The molecule has 1 saturated carbocycles. The number of nitrogens with two attached hydrogens (primary N) is 1. The summed E-state index contributed by atoms with van der Waals surface area (Å²) in [5.74, 6) is -1.62. The molecule has 0 bridgehead atoms. The standard InChI is InChI=1S/C16H24F2N2/c1-2-20(12-6-3-4-7-12)11-10-15(19)13-8-5-9-14(17)16(13)18/h5,8-9,12,15H,2-4,6-7,10-11,19H2,1H3. The van der Waals surface area contributed by atoms with Gasteiger partial charge in [0.05, 0.1) is 0 Å². The molecule has 0 heterocycles. The van der Waals surface area contributed by atoms with Crippen LogP contribution in [0.5, 0.6) is 0 Å². The minimum Gasteiger partial charge on any atom is -0.324 e. The highest BCUT2D eigenvalue weighted by Crippen LogP contribution is 2.25. The van der Waals surface area contributed by atoms with Crippen LogP contribution in [-0.4, -0.2) is 24.0 Å². The van der Waals surface area contributed by atoms with E-state index in [4.69, 9.17) is 5.73 Å². The number of hydrogen-bond donors (Lipinski definition) is 1. The summed E-state index contributed by atoms with van der Waals surface area (Å²) >= 11 is 0. The van der Waals surface area contributed by atoms with Gasteiger partial charge in [-0.2, -0.15) is 0 Å². The Hall–Kier alpha value is -1.00. The molecular weight excluding hydrogens is 258 g/mol. The Balaban J connectivity index is 1.93. The molecule has 2 N–H and O–H groups in total. The lowest BCUT2D eigenvalue weighted by molar-refractivity contribution is 0.201. The molecule has 0 spiro atoms. The first-order valence-corrected chi connectivity index (χ1v) is 7.57. The normalized spacial score (nSPS) is 17.9. The maximum Gasteiger partial charge on any atom is 0.163 e. The number of halogens is 2. The molecule has 2 nitrogen and oxygen atoms in total. The van der Waals surface area contributed by atoms with E-state index in [0.717, 1.165) is 19.2 Å². The van der Waals surface area contributed by atoms with Crippen LogP contribution in [0, 0.1) is 11.6 Å². The molecule has 0 aliphatic heterocycles. The molecule has 0 saturated heterocycles. The van der Waals surface area contributed by atoms with Crippen molar-refractivity contribution < 1.29 is 8.78 Å². The second-order valence-electron chi connectivity index (χ2n) is 5.61. The minimum atomic E-state index is -0.818. The highest BCUT2D eigenvalue weighted by atomic mass is 19.2. The van der Waals surface area contributed by atoms with E-state index < -0.39 is 17.7 Å². The fourth-order valence-corrected chi connectivity index (χ4v) is 3.14. The van der Waals surface area contributed by atoms with Crippen molar-refractivity contribution in [2.45, 2.75) is 51.1 Å². The van der Waals surface area contributed by atoms with Crippen molar-refractivity contribution in [3.8, 4) is 0 Å². The molecule has 1 aromatic rings. The van der Waals surface area contributed by atoms with Gasteiger partial charge in [0.15, 0.2) is 11.6 Å². The van der Waals surface area contributed by atoms with Crippen molar-refractivity contribution in [1.29, 1.82) is 0 Å². The lowest BCUT2D eigenvalue weighted by Crippen LogP contribution is -2.35. The maximum atomic E-state index is 13.7. The Morgan fingerprint density at radius 3 is 2.65 bits per heavy atom. The zero-order chi connectivity index (χ0) is 14.5. The second kappa shape index (κ2) is 7.14. The largest absolute Gasteiger partial charge is 0.324 e. The molecule has 112 valence electrons. The highest BCUT2D eigenvalue weighted by Gasteiger charge is 2.22. The van der Waals surface area contributed by atoms with Gasteiger partial charge in [0.2, 0.25) is 0 Å². The zero-order valence-electron chi connectivity index (χ0n) is 12.1. The zero-order valence-corrected chi connectivity index (χ0v) is 12.1. The van der Waals surface area contributed by atoms with Crippen LogP contribution in [0.1, 0.15) is 50.6 Å². The molecule has 0 aromatic heterocycles. The Morgan fingerprint density at radius 2 is 2.00 bits per heavy atom. The average molecular weight is 282 g/mol. The summed E-state index contributed by atoms with van der Waals surface area (Å²) in [6.45, 7) is 3.98. The number of hydrogen-bond acceptors (Lipinski definition) is 2. The molecule has 1 unspecified atom stereocenters. The number of nitrogens with zero attached hydrogens (tertiary/aromatic N) is 1. The van der Waals surface area contributed by atoms with Crippen LogP contribution < -0.4 is 5.73 Å². The monoisotopic (exact) mass is 282 g/mol. The lowest BCUT2D eigenvalue weighted by atomic mass is 10.0. The molecule has 1 aromatic carbocycles. The minimum absolute atomic E-state index is 0.285. The first kappa shape index (κ1) is 15.4. The Kier molecular flexibility index (Phi) is 5.49. The van der Waals surface area contributed by atoms with Crippen molar-refractivity contribution in [1.82, 2.24) is 4.90 Å². The lowest BCUT2D eigenvalue weighted by Gasteiger charge is -2.28. The summed E-state index contributed by atoms with van der Waals surface area (Å²) in [7, 11) is 0. The Bertz CT molecular complexity index is 430. The summed E-state index contributed by atoms with van der Waals surface area (Å²) in [5.41, 5.74) is 6.32. The van der Waals surface area contributed by atoms with Crippen LogP contribution in [0.4, 0.5) is 8.78 Å². The molecule has 2 rings (SSSR count). The first-order valence-electron chi connectivity index (χ1n) is 7.57. The highest BCUT2D eigenvalue weighted by molar-refractivity contribution is 5.22. The molecule has 0 amide bonds. The summed E-state index contributed by atoms with van der Waals surface area (Å²) in [6.07, 6.45) is 5.75. The van der Waals surface area contributed by atoms with E-state index >= 15 is 0 Å². The summed E-state index contributed by atoms with van der Waals surface area (Å²) in [4.78, 5) is 2.42. The van der Waals surface area contributed by atoms with Crippen LogP contribution in [-0.2, 0) is 0 Å². The summed E-state index contributed by atoms with van der Waals surface area (Å²) < 4.78 is 26.9. The fourth-order valence-electron chi connectivity index (χ4n) is 3.14. The predicted octanol–water partition coefficient (Wildman–Crippen LogP) is 3.62. The van der Waals surface area contributed by atoms with Crippen molar-refractivity contribution in [2.75, 3.05) is 13.1 Å². The van der Waals surface area contributed by atoms with Gasteiger partial charge in [-0.25, -0.2) is 8.78 Å². The van der Waals surface area contributed by atoms with E-state index in [-0.39, 0.29) is 5.56 Å². The van der Waals surface area contributed by atoms with Crippen LogP contribution in [0.3, 0.4) is 0 Å². The Morgan fingerprint density at radius 1 is 1.30 bits per heavy atom. The average Bonchev–Trinajstić information content (AvgIpc) is 2.96. The predicted molar refractivity (Wildman–Crippen MR) is 77.4 cm³/mol. The summed E-state index contributed by atoms with van der Waals surface area (Å²) in [5, 5.41) is 0. The van der Waals surface area contributed by atoms with Gasteiger partial charge < -0.3 is 10.6 Å². The van der Waals surface area contributed by atoms with Gasteiger partial charge in [-0.1, -0.05) is 31.9 Å². The van der Waals surface area contributed by atoms with Gasteiger partial charge >= 0.3 is 0 Å². The van der Waals surface area contributed by atoms with Crippen LogP contribution in [0.15, 0.2) is 18.2 Å². The quantitative estimate of drug-likeness (QED) is 0.863. The molecule has 1 atom stereocenters. The van der Waals surface area contributed by atoms with Gasteiger partial charge in [-0.3, -0.25) is 0 Å². The third-order valence-electron chi connectivity index (χ3n) is 4.36. The molecule has 1 fully saturated rings. The molecule has 0 radical (unpaired) electrons. The first-order chi connectivity index (χ1) is 9.63. The van der Waals surface area contributed by atoms with Gasteiger partial charge in [-0.15, -0.1) is 0 Å². The van der Waals surface area contributed by atoms with E-state index in [9.17, 15) is 8.78 Å². The molecule has 1 aliphatic carbocycles. The van der Waals surface area contributed by atoms with E-state index in [2.05, 4.69) is 11.8 Å². The van der Waals surface area contributed by atoms with Crippen LogP contribution >= 0.6 is 0 Å². The van der Waals surface area contributed by atoms with E-state index in [0.29, 0.717) is 12.5 Å². The SMILES string of the molecule is CCN(CCC(N)c1cccc(F)c1F)C1CCCC1. The maximum absolute atomic E-state index is 13.7. The Labute approximate surface area is 120 Å². The fraction of sp³-hybridized carbons (Fsp3) is 0.625. The number of rotatable bonds is 6. The van der Waals surface area contributed by atoms with Crippen molar-refractivity contribution in [3.63, 3.8) is 0 Å². The van der Waals surface area contributed by atoms with Crippen LogP contribution in [0.2, 0.25) is 0 Å². The van der Waals surface area contributed by atoms with Crippen molar-refractivity contribution in [2.24, 2.45) is 5.73 Å². The third kappa shape index (κ3) is 3.55. The van der Waals surface area contributed by atoms with Gasteiger partial charge in [0.25, 0.3) is 0 Å². The van der Waals surface area contributed by atoms with Crippen molar-refractivity contribution >= 4 is 0 Å². The molecular formula is C16H24F2N2. The second-order valence-corrected chi connectivity index (χ2v) is 5.61. The van der Waals surface area contributed by atoms with Gasteiger partial charge in [-0.05, 0) is 31.9 Å². The van der Waals surface area contributed by atoms with Crippen molar-refractivity contribution in [3.05, 3.63) is 35.4 Å². The van der Waals surface area contributed by atoms with E-state index in [1.54, 1.807) is 6.07 Å². The van der Waals surface area contributed by atoms with Crippen LogP contribution in [0.25, 0.3) is 0 Å². The topological polar surface area (TPSA) is 29.3 Å². The molecule has 4 heteroatoms. The molecule has 1 aliphatic rings. The summed E-state index contributed by atoms with van der Waals surface area (Å²) in [6, 6.07) is 4.42.